The number of allylic oxidation sites excluding steroid dienone is 2. The van der Waals surface area contributed by atoms with E-state index in [4.69, 9.17) is 4.74 Å². The minimum Gasteiger partial charge on any atom is -0.507 e. The number of unbranched alkanes of at least 4 members (excludes halogenated alkanes) is 2. The maximum atomic E-state index is 11.9. The van der Waals surface area contributed by atoms with Crippen molar-refractivity contribution >= 4 is 5.97 Å². The lowest BCUT2D eigenvalue weighted by Crippen LogP contribution is -2.14. The van der Waals surface area contributed by atoms with E-state index in [0.29, 0.717) is 23.3 Å². The summed E-state index contributed by atoms with van der Waals surface area (Å²) in [6.07, 6.45) is 8.73. The summed E-state index contributed by atoms with van der Waals surface area (Å²) in [6, 6.07) is 1.85. The molecule has 1 atom stereocenters. The summed E-state index contributed by atoms with van der Waals surface area (Å²) in [4.78, 5) is 11.9. The van der Waals surface area contributed by atoms with Crippen LogP contribution < -0.4 is 4.74 Å². The minimum atomic E-state index is -1.07. The van der Waals surface area contributed by atoms with Crippen molar-refractivity contribution in [3.8, 4) is 11.5 Å². The van der Waals surface area contributed by atoms with E-state index < -0.39 is 5.97 Å². The summed E-state index contributed by atoms with van der Waals surface area (Å²) in [7, 11) is 0. The van der Waals surface area contributed by atoms with Gasteiger partial charge in [-0.25, -0.2) is 4.79 Å². The van der Waals surface area contributed by atoms with Crippen LogP contribution in [0, 0.1) is 0 Å². The molecule has 28 heavy (non-hydrogen) atoms. The average molecular weight is 391 g/mol. The Bertz CT molecular complexity index is 674. The molecule has 2 rings (SSSR count). The highest BCUT2D eigenvalue weighted by atomic mass is 16.5. The highest BCUT2D eigenvalue weighted by molar-refractivity contribution is 5.94. The van der Waals surface area contributed by atoms with Crippen molar-refractivity contribution in [3.05, 3.63) is 34.4 Å². The maximum absolute atomic E-state index is 11.9. The predicted octanol–water partition coefficient (Wildman–Crippen LogP) is 6.85. The monoisotopic (exact) mass is 390 g/mol. The molecule has 1 aromatic rings. The van der Waals surface area contributed by atoms with E-state index in [1.165, 1.54) is 5.57 Å². The number of phenols is 1. The quantitative estimate of drug-likeness (QED) is 0.376. The van der Waals surface area contributed by atoms with Crippen LogP contribution in [0.15, 0.2) is 17.7 Å². The number of carboxylic acid groups (broad SMARTS) is 1. The Morgan fingerprint density at radius 1 is 1.29 bits per heavy atom. The smallest absolute Gasteiger partial charge is 0.339 e. The molecule has 0 amide bonds. The van der Waals surface area contributed by atoms with Gasteiger partial charge in [-0.1, -0.05) is 45.3 Å². The molecule has 0 saturated carbocycles. The number of hydrogen-bond donors (Lipinski definition) is 2. The molecule has 0 radical (unpaired) electrons. The lowest BCUT2D eigenvalue weighted by Gasteiger charge is -2.26. The lowest BCUT2D eigenvalue weighted by molar-refractivity contribution is 0.0692. The Balaban J connectivity index is 0.00000190. The molecule has 0 bridgehead atoms. The number of hydrogen-bond acceptors (Lipinski definition) is 3. The Morgan fingerprint density at radius 3 is 2.50 bits per heavy atom. The molecule has 2 N–H and O–H groups in total. The van der Waals surface area contributed by atoms with Crippen LogP contribution in [0.1, 0.15) is 107 Å². The van der Waals surface area contributed by atoms with E-state index in [-0.39, 0.29) is 23.3 Å². The van der Waals surface area contributed by atoms with Crippen LogP contribution in [0.4, 0.5) is 0 Å². The summed E-state index contributed by atoms with van der Waals surface area (Å²) in [5.74, 6) is -0.550. The first kappa shape index (κ1) is 24.1. The Kier molecular flexibility index (Phi) is 10.1. The molecule has 1 aliphatic carbocycles. The normalized spacial score (nSPS) is 16.2. The molecule has 0 fully saturated rings. The van der Waals surface area contributed by atoms with Gasteiger partial charge in [-0.3, -0.25) is 0 Å². The summed E-state index contributed by atoms with van der Waals surface area (Å²) in [6.45, 7) is 12.1. The van der Waals surface area contributed by atoms with Gasteiger partial charge in [-0.05, 0) is 64.5 Å². The zero-order valence-electron chi connectivity index (χ0n) is 18.5. The Labute approximate surface area is 170 Å². The van der Waals surface area contributed by atoms with Gasteiger partial charge in [0.05, 0.1) is 6.10 Å². The van der Waals surface area contributed by atoms with E-state index in [0.717, 1.165) is 38.5 Å². The van der Waals surface area contributed by atoms with E-state index in [9.17, 15) is 15.0 Å². The number of aromatic carboxylic acids is 1. The molecule has 0 saturated heterocycles. The first-order chi connectivity index (χ1) is 13.3. The minimum absolute atomic E-state index is 0.000270. The largest absolute Gasteiger partial charge is 0.507 e. The van der Waals surface area contributed by atoms with Crippen molar-refractivity contribution in [2.45, 2.75) is 98.5 Å². The first-order valence-electron chi connectivity index (χ1n) is 10.8. The summed E-state index contributed by atoms with van der Waals surface area (Å²) < 4.78 is 6.01. The van der Waals surface area contributed by atoms with Gasteiger partial charge in [-0.15, -0.1) is 0 Å². The molecule has 0 aliphatic heterocycles. The van der Waals surface area contributed by atoms with E-state index >= 15 is 0 Å². The molecule has 1 aliphatic rings. The van der Waals surface area contributed by atoms with Gasteiger partial charge in [0.15, 0.2) is 0 Å². The molecule has 158 valence electrons. The third kappa shape index (κ3) is 6.29. The molecular weight excluding hydrogens is 352 g/mol. The molecule has 1 unspecified atom stereocenters. The molecule has 4 nitrogen and oxygen atoms in total. The van der Waals surface area contributed by atoms with Crippen molar-refractivity contribution in [3.63, 3.8) is 0 Å². The SMILES string of the molecule is CC.CCCCCc1cc(OC(C)C)c(C2C=C(C)CCC2)c(O)c1C(=O)O. The zero-order valence-corrected chi connectivity index (χ0v) is 18.5. The molecule has 0 aromatic heterocycles. The molecule has 0 heterocycles. The first-order valence-corrected chi connectivity index (χ1v) is 10.8. The fourth-order valence-electron chi connectivity index (χ4n) is 3.76. The predicted molar refractivity (Wildman–Crippen MR) is 116 cm³/mol. The number of rotatable bonds is 8. The van der Waals surface area contributed by atoms with Gasteiger partial charge >= 0.3 is 5.97 Å². The van der Waals surface area contributed by atoms with Crippen molar-refractivity contribution < 1.29 is 19.7 Å². The Morgan fingerprint density at radius 2 is 1.96 bits per heavy atom. The van der Waals surface area contributed by atoms with Gasteiger partial charge in [0.2, 0.25) is 0 Å². The van der Waals surface area contributed by atoms with Crippen LogP contribution in [0.5, 0.6) is 11.5 Å². The van der Waals surface area contributed by atoms with Gasteiger partial charge in [0.25, 0.3) is 0 Å². The van der Waals surface area contributed by atoms with Crippen LogP contribution in [0.25, 0.3) is 0 Å². The van der Waals surface area contributed by atoms with Gasteiger partial charge in [0.1, 0.15) is 17.1 Å². The third-order valence-corrected chi connectivity index (χ3v) is 4.95. The van der Waals surface area contributed by atoms with Crippen molar-refractivity contribution in [2.24, 2.45) is 0 Å². The lowest BCUT2D eigenvalue weighted by atomic mass is 9.83. The average Bonchev–Trinajstić information content (AvgIpc) is 2.62. The number of carboxylic acids is 1. The van der Waals surface area contributed by atoms with E-state index in [1.54, 1.807) is 0 Å². The molecule has 0 spiro atoms. The topological polar surface area (TPSA) is 66.8 Å². The van der Waals surface area contributed by atoms with Crippen LogP contribution >= 0.6 is 0 Å². The second-order valence-corrected chi connectivity index (χ2v) is 7.61. The van der Waals surface area contributed by atoms with Crippen molar-refractivity contribution in [2.75, 3.05) is 0 Å². The highest BCUT2D eigenvalue weighted by Gasteiger charge is 2.28. The molecular formula is C24H38O4. The molecule has 1 aromatic carbocycles. The van der Waals surface area contributed by atoms with E-state index in [1.807, 2.05) is 33.8 Å². The van der Waals surface area contributed by atoms with Crippen molar-refractivity contribution in [1.29, 1.82) is 0 Å². The number of aromatic hydroxyl groups is 1. The fraction of sp³-hybridized carbons (Fsp3) is 0.625. The number of carbonyl (C=O) groups is 1. The van der Waals surface area contributed by atoms with Crippen LogP contribution in [-0.4, -0.2) is 22.3 Å². The maximum Gasteiger partial charge on any atom is 0.339 e. The number of ether oxygens (including phenoxy) is 1. The van der Waals surface area contributed by atoms with Crippen LogP contribution in [0.3, 0.4) is 0 Å². The van der Waals surface area contributed by atoms with Crippen LogP contribution in [-0.2, 0) is 6.42 Å². The van der Waals surface area contributed by atoms with Gasteiger partial charge in [0, 0.05) is 11.5 Å². The zero-order chi connectivity index (χ0) is 21.3. The van der Waals surface area contributed by atoms with Crippen molar-refractivity contribution in [1.82, 2.24) is 0 Å². The van der Waals surface area contributed by atoms with Gasteiger partial charge in [-0.2, -0.15) is 0 Å². The Hall–Kier alpha value is -1.97. The fourth-order valence-corrected chi connectivity index (χ4v) is 3.76. The number of aryl methyl sites for hydroxylation is 1. The summed E-state index contributed by atoms with van der Waals surface area (Å²) in [5, 5.41) is 20.7. The summed E-state index contributed by atoms with van der Waals surface area (Å²) >= 11 is 0. The van der Waals surface area contributed by atoms with Crippen LogP contribution in [0.2, 0.25) is 0 Å². The number of benzene rings is 1. The standard InChI is InChI=1S/C22H32O4.C2H6/c1-5-6-7-10-17-13-18(26-14(2)3)19(21(23)20(17)22(24)25)16-11-8-9-15(4)12-16;1-2/h12-14,16,23H,5-11H2,1-4H3,(H,24,25);1-2H3. The summed E-state index contributed by atoms with van der Waals surface area (Å²) in [5.41, 5.74) is 2.62. The second kappa shape index (κ2) is 11.8. The highest BCUT2D eigenvalue weighted by Crippen LogP contribution is 2.44. The van der Waals surface area contributed by atoms with E-state index in [2.05, 4.69) is 19.9 Å². The second-order valence-electron chi connectivity index (χ2n) is 7.61. The third-order valence-electron chi connectivity index (χ3n) is 4.95. The van der Waals surface area contributed by atoms with Gasteiger partial charge < -0.3 is 14.9 Å². The molecule has 4 heteroatoms.